The van der Waals surface area contributed by atoms with Gasteiger partial charge in [0.2, 0.25) is 5.69 Å². The van der Waals surface area contributed by atoms with Crippen LogP contribution in [0.2, 0.25) is 0 Å². The van der Waals surface area contributed by atoms with Crippen molar-refractivity contribution >= 4 is 47.4 Å². The zero-order chi connectivity index (χ0) is 38.1. The van der Waals surface area contributed by atoms with E-state index in [2.05, 4.69) is 55.2 Å². The van der Waals surface area contributed by atoms with E-state index < -0.39 is 47.3 Å². The summed E-state index contributed by atoms with van der Waals surface area (Å²) in [6.45, 7) is 7.03. The first-order valence-corrected chi connectivity index (χ1v) is 22.7. The Morgan fingerprint density at radius 2 is 1.53 bits per heavy atom. The Balaban J connectivity index is 1.25. The second-order valence-corrected chi connectivity index (χ2v) is 20.0. The highest BCUT2D eigenvalue weighted by atomic mass is 32.2. The minimum atomic E-state index is -4.70. The lowest BCUT2D eigenvalue weighted by molar-refractivity contribution is -0.437. The van der Waals surface area contributed by atoms with Crippen LogP contribution in [-0.2, 0) is 41.2 Å². The zero-order valence-corrected chi connectivity index (χ0v) is 32.6. The molecule has 11 nitrogen and oxygen atoms in total. The Bertz CT molecular complexity index is 2410. The van der Waals surface area contributed by atoms with Gasteiger partial charge in [-0.05, 0) is 119 Å². The molecular weight excluding hydrogens is 737 g/mol. The Hall–Kier alpha value is -3.40. The maximum atomic E-state index is 12.0. The molecule has 0 amide bonds. The van der Waals surface area contributed by atoms with Crippen molar-refractivity contribution in [3.8, 4) is 0 Å². The van der Waals surface area contributed by atoms with Gasteiger partial charge < -0.3 is 18.6 Å². The molecule has 0 bridgehead atoms. The molecule has 2 unspecified atom stereocenters. The molecule has 2 aromatic carbocycles. The zero-order valence-electron chi connectivity index (χ0n) is 30.2. The molecule has 2 aliphatic heterocycles. The van der Waals surface area contributed by atoms with Crippen LogP contribution in [-0.4, -0.2) is 73.8 Å². The molecule has 1 fully saturated rings. The summed E-state index contributed by atoms with van der Waals surface area (Å²) in [4.78, 5) is 1.91. The molecule has 0 N–H and O–H groups in total. The summed E-state index contributed by atoms with van der Waals surface area (Å²) >= 11 is 0. The highest BCUT2D eigenvalue weighted by Crippen LogP contribution is 2.57. The van der Waals surface area contributed by atoms with Gasteiger partial charge >= 0.3 is 0 Å². The second-order valence-electron chi connectivity index (χ2n) is 15.5. The van der Waals surface area contributed by atoms with Gasteiger partial charge in [-0.25, -0.2) is 25.3 Å². The summed E-state index contributed by atoms with van der Waals surface area (Å²) in [6, 6.07) is 10.7. The van der Waals surface area contributed by atoms with Gasteiger partial charge in [-0.2, -0.15) is 4.58 Å². The molecule has 0 radical (unpaired) electrons. The molecule has 1 saturated carbocycles. The van der Waals surface area contributed by atoms with Gasteiger partial charge in [0.15, 0.2) is 5.71 Å². The molecule has 0 saturated heterocycles. The van der Waals surface area contributed by atoms with Gasteiger partial charge in [0, 0.05) is 58.5 Å². The van der Waals surface area contributed by atoms with Crippen molar-refractivity contribution in [2.75, 3.05) is 29.5 Å². The lowest BCUT2D eigenvalue weighted by Crippen LogP contribution is -2.28. The van der Waals surface area contributed by atoms with Crippen LogP contribution < -0.4 is 4.90 Å². The third kappa shape index (κ3) is 7.26. The third-order valence-electron chi connectivity index (χ3n) is 11.7. The van der Waals surface area contributed by atoms with Crippen molar-refractivity contribution < 1.29 is 43.5 Å². The van der Waals surface area contributed by atoms with Gasteiger partial charge in [-0.3, -0.25) is 0 Å². The third-order valence-corrected chi connectivity index (χ3v) is 14.1. The topological polar surface area (TPSA) is 178 Å². The van der Waals surface area contributed by atoms with Gasteiger partial charge in [-0.15, -0.1) is 0 Å². The quantitative estimate of drug-likeness (QED) is 0.203. The normalized spacial score (nSPS) is 25.7. The maximum absolute atomic E-state index is 12.0. The molecule has 2 aromatic rings. The van der Waals surface area contributed by atoms with Crippen molar-refractivity contribution in [1.29, 1.82) is 0 Å². The molecule has 3 aliphatic carbocycles. The van der Waals surface area contributed by atoms with Crippen molar-refractivity contribution in [1.82, 2.24) is 0 Å². The van der Waals surface area contributed by atoms with E-state index in [4.69, 9.17) is 0 Å². The summed E-state index contributed by atoms with van der Waals surface area (Å²) in [6.07, 6.45) is 12.9. The van der Waals surface area contributed by atoms with E-state index >= 15 is 0 Å². The first-order valence-electron chi connectivity index (χ1n) is 18.1. The van der Waals surface area contributed by atoms with Crippen LogP contribution >= 0.6 is 0 Å². The minimum Gasteiger partial charge on any atom is -0.748 e. The Morgan fingerprint density at radius 3 is 2.25 bits per heavy atom. The van der Waals surface area contributed by atoms with E-state index in [1.807, 2.05) is 11.5 Å². The fourth-order valence-electron chi connectivity index (χ4n) is 9.43. The summed E-state index contributed by atoms with van der Waals surface area (Å²) in [5.74, 6) is -0.936. The number of hydrogen-bond donors (Lipinski definition) is 0. The average molecular weight is 781 g/mol. The monoisotopic (exact) mass is 780 g/mol. The molecule has 2 heterocycles. The maximum Gasteiger partial charge on any atom is 0.209 e. The van der Waals surface area contributed by atoms with Gasteiger partial charge in [0.05, 0.1) is 30.5 Å². The van der Waals surface area contributed by atoms with E-state index in [0.29, 0.717) is 30.6 Å². The number of fused-ring (bicyclic) bond motifs is 6. The molecule has 0 spiro atoms. The van der Waals surface area contributed by atoms with Crippen LogP contribution in [0.1, 0.15) is 88.3 Å². The predicted molar refractivity (Wildman–Crippen MR) is 199 cm³/mol. The largest absolute Gasteiger partial charge is 0.748 e. The van der Waals surface area contributed by atoms with E-state index in [-0.39, 0.29) is 29.7 Å². The van der Waals surface area contributed by atoms with Crippen molar-refractivity contribution in [2.24, 2.45) is 0 Å². The van der Waals surface area contributed by atoms with Gasteiger partial charge in [0.25, 0.3) is 0 Å². The second kappa shape index (κ2) is 13.4. The van der Waals surface area contributed by atoms with Crippen LogP contribution in [0, 0.1) is 6.92 Å². The summed E-state index contributed by atoms with van der Waals surface area (Å²) < 4.78 is 107. The summed E-state index contributed by atoms with van der Waals surface area (Å²) in [5.41, 5.74) is 10.8. The number of allylic oxidation sites excluding steroid dienone is 8. The van der Waals surface area contributed by atoms with Crippen molar-refractivity contribution in [3.05, 3.63) is 99.3 Å². The van der Waals surface area contributed by atoms with Crippen LogP contribution in [0.4, 0.5) is 11.4 Å². The highest BCUT2D eigenvalue weighted by molar-refractivity contribution is 7.86. The fourth-order valence-corrected chi connectivity index (χ4v) is 10.9. The van der Waals surface area contributed by atoms with E-state index in [1.54, 1.807) is 6.07 Å². The van der Waals surface area contributed by atoms with Crippen molar-refractivity contribution in [2.45, 2.75) is 94.3 Å². The SMILES string of the molecule is Cc1ccc2c(c1)C1(C)CCC(/C=C3C=C(/C=C4\CCC5(C)C4=[N+](CCCS(=O)(=O)[O-])c4ccc(S(=O)(=O)[O-])cc45)CCC/3)=C1N2CCCS(=O)(=O)[O-]. The summed E-state index contributed by atoms with van der Waals surface area (Å²) in [7, 11) is -13.5. The minimum absolute atomic E-state index is 0.0961. The van der Waals surface area contributed by atoms with Crippen LogP contribution in [0.15, 0.2) is 87.5 Å². The lowest BCUT2D eigenvalue weighted by Gasteiger charge is -2.27. The van der Waals surface area contributed by atoms with Crippen LogP contribution in [0.25, 0.3) is 0 Å². The number of nitrogens with zero attached hydrogens (tertiary/aromatic N) is 2. The van der Waals surface area contributed by atoms with Gasteiger partial charge in [-0.1, -0.05) is 29.8 Å². The number of rotatable bonds is 11. The molecule has 14 heteroatoms. The molecule has 284 valence electrons. The predicted octanol–water partition coefficient (Wildman–Crippen LogP) is 5.71. The van der Waals surface area contributed by atoms with Crippen LogP contribution in [0.3, 0.4) is 0 Å². The average Bonchev–Trinajstić information content (AvgIpc) is 3.71. The standard InChI is InChI=1S/C39H46N2O9S3/c1-26-9-11-34-32(21-26)38(2)15-13-29(36(38)40(34)17-5-19-51(42,43)44)23-27-7-4-8-28(22-27)24-30-14-16-39(3)33-25-31(53(48,49)50)10-12-35(33)41(37(30)39)18-6-20-52(45,46)47/h9-12,21-25H,4-8,13-20H2,1-3H3,(H2-,42,43,44,45,46,47,48,49,50)/p-2. The van der Waals surface area contributed by atoms with Crippen LogP contribution in [0.5, 0.6) is 0 Å². The highest BCUT2D eigenvalue weighted by Gasteiger charge is 2.54. The smallest absolute Gasteiger partial charge is 0.209 e. The Labute approximate surface area is 312 Å². The molecule has 7 rings (SSSR count). The first-order chi connectivity index (χ1) is 24.8. The molecule has 0 aromatic heterocycles. The molecule has 53 heavy (non-hydrogen) atoms. The molecule has 5 aliphatic rings. The Kier molecular flexibility index (Phi) is 9.59. The molecular formula is C39H44N2O9S3-2. The number of hydrogen-bond acceptors (Lipinski definition) is 10. The van der Waals surface area contributed by atoms with E-state index in [1.165, 1.54) is 34.5 Å². The summed E-state index contributed by atoms with van der Waals surface area (Å²) in [5, 5.41) is 0. The fraction of sp³-hybridized carbons (Fsp3) is 0.462. The van der Waals surface area contributed by atoms with Gasteiger partial charge in [0.1, 0.15) is 16.7 Å². The Morgan fingerprint density at radius 1 is 0.811 bits per heavy atom. The number of anilines is 1. The van der Waals surface area contributed by atoms with Crippen molar-refractivity contribution in [3.63, 3.8) is 0 Å². The first kappa shape index (κ1) is 37.9. The number of benzene rings is 2. The molecule has 2 atom stereocenters. The lowest BCUT2D eigenvalue weighted by atomic mass is 9.80. The number of aryl methyl sites for hydroxylation is 1. The van der Waals surface area contributed by atoms with E-state index in [0.717, 1.165) is 60.2 Å². The van der Waals surface area contributed by atoms with E-state index in [9.17, 15) is 38.9 Å².